The van der Waals surface area contributed by atoms with Crippen LogP contribution in [-0.4, -0.2) is 67.2 Å². The van der Waals surface area contributed by atoms with Crippen molar-refractivity contribution in [1.82, 2.24) is 14.9 Å². The Kier molecular flexibility index (Phi) is 8.79. The summed E-state index contributed by atoms with van der Waals surface area (Å²) in [5, 5.41) is 2.89. The van der Waals surface area contributed by atoms with Gasteiger partial charge < -0.3 is 19.7 Å². The van der Waals surface area contributed by atoms with Gasteiger partial charge in [0.15, 0.2) is 0 Å². The molecule has 0 aliphatic rings. The van der Waals surface area contributed by atoms with E-state index in [9.17, 15) is 13.2 Å². The highest BCUT2D eigenvalue weighted by atomic mass is 32.2. The predicted octanol–water partition coefficient (Wildman–Crippen LogP) is 1.65. The molecule has 0 aliphatic heterocycles. The number of carbonyl (C=O) groups excluding carboxylic acids is 1. The van der Waals surface area contributed by atoms with Gasteiger partial charge in [0.05, 0.1) is 24.7 Å². The molecule has 0 fully saturated rings. The lowest BCUT2D eigenvalue weighted by atomic mass is 10.1. The minimum atomic E-state index is -3.71. The maximum absolute atomic E-state index is 12.7. The summed E-state index contributed by atoms with van der Waals surface area (Å²) >= 11 is 0. The van der Waals surface area contributed by atoms with Crippen molar-refractivity contribution in [2.24, 2.45) is 0 Å². The number of methoxy groups -OCH3 is 2. The smallest absolute Gasteiger partial charge is 0.251 e. The van der Waals surface area contributed by atoms with Crippen LogP contribution in [0.25, 0.3) is 0 Å². The molecule has 2 N–H and O–H groups in total. The number of hydrogen-bond donors (Lipinski definition) is 2. The molecule has 0 aliphatic carbocycles. The minimum Gasteiger partial charge on any atom is -0.497 e. The van der Waals surface area contributed by atoms with Crippen molar-refractivity contribution in [2.75, 3.05) is 48.0 Å². The molecule has 2 aromatic carbocycles. The number of rotatable bonds is 11. The fourth-order valence-corrected chi connectivity index (χ4v) is 3.94. The fraction of sp³-hybridized carbons (Fsp3) is 0.381. The quantitative estimate of drug-likeness (QED) is 0.521. The zero-order valence-electron chi connectivity index (χ0n) is 17.7. The normalized spacial score (nSPS) is 12.6. The van der Waals surface area contributed by atoms with Gasteiger partial charge >= 0.3 is 0 Å². The highest BCUT2D eigenvalue weighted by molar-refractivity contribution is 7.89. The van der Waals surface area contributed by atoms with E-state index in [0.29, 0.717) is 6.54 Å². The molecule has 0 aromatic heterocycles. The third kappa shape index (κ3) is 6.53. The number of amides is 1. The number of nitrogens with zero attached hydrogens (tertiary/aromatic N) is 1. The zero-order chi connectivity index (χ0) is 22.1. The van der Waals surface area contributed by atoms with Crippen molar-refractivity contribution in [3.63, 3.8) is 0 Å². The van der Waals surface area contributed by atoms with Gasteiger partial charge in [0, 0.05) is 25.8 Å². The molecule has 1 amide bonds. The second-order valence-corrected chi connectivity index (χ2v) is 8.65. The summed E-state index contributed by atoms with van der Waals surface area (Å²) in [6.07, 6.45) is 0. The van der Waals surface area contributed by atoms with Gasteiger partial charge in [-0.1, -0.05) is 18.2 Å². The van der Waals surface area contributed by atoms with Crippen LogP contribution in [0.3, 0.4) is 0 Å². The Balaban J connectivity index is 2.09. The summed E-state index contributed by atoms with van der Waals surface area (Å²) in [5.41, 5.74) is 1.30. The van der Waals surface area contributed by atoms with E-state index >= 15 is 0 Å². The summed E-state index contributed by atoms with van der Waals surface area (Å²) in [4.78, 5) is 14.7. The van der Waals surface area contributed by atoms with Gasteiger partial charge in [0.2, 0.25) is 10.0 Å². The third-order valence-electron chi connectivity index (χ3n) is 4.58. The SMILES string of the molecule is COCCNS(=O)(=O)c1cccc(C(=O)NCC(c2ccc(OC)cc2)N(C)C)c1. The molecule has 1 atom stereocenters. The lowest BCUT2D eigenvalue weighted by Gasteiger charge is -2.25. The maximum Gasteiger partial charge on any atom is 0.251 e. The first-order chi connectivity index (χ1) is 14.3. The van der Waals surface area contributed by atoms with Crippen LogP contribution in [0.5, 0.6) is 5.75 Å². The van der Waals surface area contributed by atoms with E-state index in [1.165, 1.54) is 19.2 Å². The number of carbonyl (C=O) groups is 1. The first kappa shape index (κ1) is 23.8. The number of hydrogen-bond acceptors (Lipinski definition) is 6. The van der Waals surface area contributed by atoms with E-state index in [-0.39, 0.29) is 35.6 Å². The second-order valence-electron chi connectivity index (χ2n) is 6.88. The number of likely N-dealkylation sites (N-methyl/N-ethyl adjacent to an activating group) is 1. The molecule has 1 unspecified atom stereocenters. The maximum atomic E-state index is 12.7. The number of ether oxygens (including phenoxy) is 2. The lowest BCUT2D eigenvalue weighted by Crippen LogP contribution is -2.34. The average molecular weight is 436 g/mol. The molecular formula is C21H29N3O5S. The molecule has 0 bridgehead atoms. The van der Waals surface area contributed by atoms with E-state index in [2.05, 4.69) is 10.0 Å². The zero-order valence-corrected chi connectivity index (χ0v) is 18.5. The Morgan fingerprint density at radius 1 is 1.10 bits per heavy atom. The molecular weight excluding hydrogens is 406 g/mol. The van der Waals surface area contributed by atoms with Crippen LogP contribution in [-0.2, 0) is 14.8 Å². The molecule has 0 spiro atoms. The Morgan fingerprint density at radius 2 is 1.80 bits per heavy atom. The average Bonchev–Trinajstić information content (AvgIpc) is 2.74. The summed E-state index contributed by atoms with van der Waals surface area (Å²) < 4.78 is 37.2. The minimum absolute atomic E-state index is 0.0329. The first-order valence-corrected chi connectivity index (χ1v) is 10.9. The van der Waals surface area contributed by atoms with Crippen LogP contribution in [0, 0.1) is 0 Å². The van der Waals surface area contributed by atoms with Gasteiger partial charge in [-0.05, 0) is 50.0 Å². The van der Waals surface area contributed by atoms with Gasteiger partial charge in [0.25, 0.3) is 5.91 Å². The van der Waals surface area contributed by atoms with E-state index in [1.54, 1.807) is 19.2 Å². The van der Waals surface area contributed by atoms with Gasteiger partial charge in [0.1, 0.15) is 5.75 Å². The number of sulfonamides is 1. The van der Waals surface area contributed by atoms with Crippen molar-refractivity contribution in [1.29, 1.82) is 0 Å². The summed E-state index contributed by atoms with van der Waals surface area (Å²) in [6.45, 7) is 0.777. The molecule has 0 heterocycles. The Hall–Kier alpha value is -2.46. The first-order valence-electron chi connectivity index (χ1n) is 9.45. The van der Waals surface area contributed by atoms with Crippen LogP contribution >= 0.6 is 0 Å². The fourth-order valence-electron chi connectivity index (χ4n) is 2.88. The van der Waals surface area contributed by atoms with Crippen LogP contribution in [0.2, 0.25) is 0 Å². The molecule has 2 rings (SSSR count). The van der Waals surface area contributed by atoms with E-state index in [0.717, 1.165) is 11.3 Å². The standard InChI is InChI=1S/C21H29N3O5S/c1-24(2)20(16-8-10-18(29-4)11-9-16)15-22-21(25)17-6-5-7-19(14-17)30(26,27)23-12-13-28-3/h5-11,14,20,23H,12-13,15H2,1-4H3,(H,22,25). The summed E-state index contributed by atoms with van der Waals surface area (Å²) in [7, 11) is 3.25. The second kappa shape index (κ2) is 11.1. The predicted molar refractivity (Wildman–Crippen MR) is 115 cm³/mol. The van der Waals surface area contributed by atoms with Crippen LogP contribution in [0.1, 0.15) is 22.0 Å². The molecule has 30 heavy (non-hydrogen) atoms. The number of nitrogens with one attached hydrogen (secondary N) is 2. The van der Waals surface area contributed by atoms with E-state index in [4.69, 9.17) is 9.47 Å². The van der Waals surface area contributed by atoms with Crippen molar-refractivity contribution < 1.29 is 22.7 Å². The van der Waals surface area contributed by atoms with E-state index in [1.807, 2.05) is 43.3 Å². The topological polar surface area (TPSA) is 97.0 Å². The Morgan fingerprint density at radius 3 is 2.40 bits per heavy atom. The molecule has 164 valence electrons. The van der Waals surface area contributed by atoms with Crippen molar-refractivity contribution in [3.05, 3.63) is 59.7 Å². The Labute approximate surface area is 178 Å². The molecule has 0 saturated heterocycles. The molecule has 0 radical (unpaired) electrons. The summed E-state index contributed by atoms with van der Waals surface area (Å²) in [6, 6.07) is 13.5. The van der Waals surface area contributed by atoms with Crippen LogP contribution in [0.15, 0.2) is 53.4 Å². The highest BCUT2D eigenvalue weighted by Crippen LogP contribution is 2.21. The number of benzene rings is 2. The van der Waals surface area contributed by atoms with Gasteiger partial charge in [-0.25, -0.2) is 13.1 Å². The molecule has 2 aromatic rings. The third-order valence-corrected chi connectivity index (χ3v) is 6.04. The lowest BCUT2D eigenvalue weighted by molar-refractivity contribution is 0.0941. The largest absolute Gasteiger partial charge is 0.497 e. The van der Waals surface area contributed by atoms with Crippen LogP contribution in [0.4, 0.5) is 0 Å². The summed E-state index contributed by atoms with van der Waals surface area (Å²) in [5.74, 6) is 0.418. The highest BCUT2D eigenvalue weighted by Gasteiger charge is 2.18. The van der Waals surface area contributed by atoms with Gasteiger partial charge in [-0.3, -0.25) is 4.79 Å². The van der Waals surface area contributed by atoms with Gasteiger partial charge in [-0.2, -0.15) is 0 Å². The molecule has 8 nitrogen and oxygen atoms in total. The van der Waals surface area contributed by atoms with E-state index < -0.39 is 10.0 Å². The van der Waals surface area contributed by atoms with Crippen molar-refractivity contribution >= 4 is 15.9 Å². The van der Waals surface area contributed by atoms with Gasteiger partial charge in [-0.15, -0.1) is 0 Å². The molecule has 9 heteroatoms. The van der Waals surface area contributed by atoms with Crippen molar-refractivity contribution in [3.8, 4) is 5.75 Å². The molecule has 0 saturated carbocycles. The monoisotopic (exact) mass is 435 g/mol. The van der Waals surface area contributed by atoms with Crippen molar-refractivity contribution in [2.45, 2.75) is 10.9 Å². The Bertz CT molecular complexity index is 930. The van der Waals surface area contributed by atoms with Crippen LogP contribution < -0.4 is 14.8 Å².